The van der Waals surface area contributed by atoms with Gasteiger partial charge in [0.05, 0.1) is 7.11 Å². The number of ether oxygens (including phenoxy) is 1. The van der Waals surface area contributed by atoms with Gasteiger partial charge in [-0.2, -0.15) is 0 Å². The zero-order valence-electron chi connectivity index (χ0n) is 10.4. The van der Waals surface area contributed by atoms with Crippen LogP contribution in [0.2, 0.25) is 0 Å². The van der Waals surface area contributed by atoms with Gasteiger partial charge >= 0.3 is 5.97 Å². The highest BCUT2D eigenvalue weighted by Gasteiger charge is 2.36. The summed E-state index contributed by atoms with van der Waals surface area (Å²) in [4.78, 5) is 23.2. The Labute approximate surface area is 102 Å². The fourth-order valence-electron chi connectivity index (χ4n) is 2.84. The molecule has 2 aliphatic carbocycles. The fourth-order valence-corrected chi connectivity index (χ4v) is 2.84. The van der Waals surface area contributed by atoms with Crippen molar-refractivity contribution in [3.8, 4) is 0 Å². The van der Waals surface area contributed by atoms with Gasteiger partial charge in [0.15, 0.2) is 5.78 Å². The third-order valence-electron chi connectivity index (χ3n) is 3.92. The van der Waals surface area contributed by atoms with Gasteiger partial charge < -0.3 is 4.74 Å². The average molecular weight is 234 g/mol. The fraction of sp³-hybridized carbons (Fsp3) is 0.571. The molecule has 0 aliphatic heterocycles. The Bertz CT molecular complexity index is 417. The normalized spacial score (nSPS) is 28.7. The molecule has 0 N–H and O–H groups in total. The Morgan fingerprint density at radius 2 is 2.06 bits per heavy atom. The lowest BCUT2D eigenvalue weighted by Crippen LogP contribution is -2.26. The van der Waals surface area contributed by atoms with E-state index in [1.807, 2.05) is 6.08 Å². The van der Waals surface area contributed by atoms with Crippen LogP contribution in [0.25, 0.3) is 0 Å². The summed E-state index contributed by atoms with van der Waals surface area (Å²) in [6, 6.07) is 0. The summed E-state index contributed by atoms with van der Waals surface area (Å²) in [6.45, 7) is 2.15. The van der Waals surface area contributed by atoms with E-state index in [0.29, 0.717) is 6.42 Å². The minimum Gasteiger partial charge on any atom is -0.466 e. The zero-order valence-corrected chi connectivity index (χ0v) is 10.4. The molecule has 0 bridgehead atoms. The standard InChI is InChI=1S/C14H18O3/c1-14-8-3-4-11(13(16)17-2)12(14)6-5-10(15)7-9-14/h5-6H,3-4,7-9H2,1-2H3. The number of allylic oxidation sites excluding steroid dienone is 3. The van der Waals surface area contributed by atoms with Crippen LogP contribution in [0.5, 0.6) is 0 Å². The Hall–Kier alpha value is -1.38. The molecule has 0 aromatic carbocycles. The number of hydrogen-bond donors (Lipinski definition) is 0. The maximum atomic E-state index is 11.8. The monoisotopic (exact) mass is 234 g/mol. The molecule has 17 heavy (non-hydrogen) atoms. The van der Waals surface area contributed by atoms with Crippen molar-refractivity contribution in [2.45, 2.75) is 39.0 Å². The van der Waals surface area contributed by atoms with Gasteiger partial charge in [0, 0.05) is 12.0 Å². The van der Waals surface area contributed by atoms with Crippen molar-refractivity contribution in [1.29, 1.82) is 0 Å². The largest absolute Gasteiger partial charge is 0.466 e. The van der Waals surface area contributed by atoms with Crippen LogP contribution in [0.1, 0.15) is 39.0 Å². The molecule has 2 aliphatic rings. The number of ketones is 1. The van der Waals surface area contributed by atoms with Crippen molar-refractivity contribution < 1.29 is 14.3 Å². The molecule has 0 radical (unpaired) electrons. The number of carbonyl (C=O) groups excluding carboxylic acids is 2. The Balaban J connectivity index is 2.49. The maximum Gasteiger partial charge on any atom is 0.334 e. The van der Waals surface area contributed by atoms with Gasteiger partial charge in [-0.3, -0.25) is 4.79 Å². The van der Waals surface area contributed by atoms with Gasteiger partial charge in [0.2, 0.25) is 0 Å². The van der Waals surface area contributed by atoms with Crippen molar-refractivity contribution in [3.63, 3.8) is 0 Å². The van der Waals surface area contributed by atoms with Gasteiger partial charge in [-0.1, -0.05) is 13.0 Å². The summed E-state index contributed by atoms with van der Waals surface area (Å²) in [5.41, 5.74) is 1.73. The van der Waals surface area contributed by atoms with Crippen molar-refractivity contribution >= 4 is 11.8 Å². The Morgan fingerprint density at radius 3 is 2.76 bits per heavy atom. The molecule has 0 amide bonds. The van der Waals surface area contributed by atoms with Crippen molar-refractivity contribution in [2.75, 3.05) is 7.11 Å². The third-order valence-corrected chi connectivity index (χ3v) is 3.92. The highest BCUT2D eigenvalue weighted by Crippen LogP contribution is 2.46. The highest BCUT2D eigenvalue weighted by molar-refractivity contribution is 5.93. The number of carbonyl (C=O) groups is 2. The number of esters is 1. The molecule has 0 aromatic rings. The molecule has 0 spiro atoms. The number of hydrogen-bond acceptors (Lipinski definition) is 3. The van der Waals surface area contributed by atoms with Crippen LogP contribution in [-0.4, -0.2) is 18.9 Å². The van der Waals surface area contributed by atoms with E-state index in [2.05, 4.69) is 6.92 Å². The van der Waals surface area contributed by atoms with E-state index in [1.54, 1.807) is 6.08 Å². The van der Waals surface area contributed by atoms with E-state index in [-0.39, 0.29) is 17.2 Å². The summed E-state index contributed by atoms with van der Waals surface area (Å²) < 4.78 is 4.84. The van der Waals surface area contributed by atoms with Crippen LogP contribution in [0, 0.1) is 5.41 Å². The predicted molar refractivity (Wildman–Crippen MR) is 64.4 cm³/mol. The van der Waals surface area contributed by atoms with E-state index in [4.69, 9.17) is 4.74 Å². The molecule has 1 atom stereocenters. The van der Waals surface area contributed by atoms with Crippen LogP contribution in [-0.2, 0) is 14.3 Å². The third kappa shape index (κ3) is 2.19. The first-order valence-electron chi connectivity index (χ1n) is 6.10. The second-order valence-corrected chi connectivity index (χ2v) is 5.10. The van der Waals surface area contributed by atoms with Crippen LogP contribution >= 0.6 is 0 Å². The highest BCUT2D eigenvalue weighted by atomic mass is 16.5. The SMILES string of the molecule is COC(=O)C1=C2C=CC(=O)CCC2(C)CCC1. The quantitative estimate of drug-likeness (QED) is 0.655. The lowest BCUT2D eigenvalue weighted by Gasteiger charge is -2.35. The van der Waals surface area contributed by atoms with Crippen LogP contribution in [0.15, 0.2) is 23.3 Å². The van der Waals surface area contributed by atoms with Gasteiger partial charge in [0.25, 0.3) is 0 Å². The topological polar surface area (TPSA) is 43.4 Å². The zero-order chi connectivity index (χ0) is 12.5. The summed E-state index contributed by atoms with van der Waals surface area (Å²) in [6.07, 6.45) is 7.64. The van der Waals surface area contributed by atoms with E-state index >= 15 is 0 Å². The molecule has 2 rings (SSSR count). The van der Waals surface area contributed by atoms with Gasteiger partial charge in [-0.05, 0) is 42.7 Å². The smallest absolute Gasteiger partial charge is 0.334 e. The van der Waals surface area contributed by atoms with Gasteiger partial charge in [0.1, 0.15) is 0 Å². The van der Waals surface area contributed by atoms with Crippen molar-refractivity contribution in [1.82, 2.24) is 0 Å². The van der Waals surface area contributed by atoms with Crippen LogP contribution < -0.4 is 0 Å². The van der Waals surface area contributed by atoms with Crippen LogP contribution in [0.3, 0.4) is 0 Å². The molecule has 0 saturated heterocycles. The van der Waals surface area contributed by atoms with E-state index < -0.39 is 0 Å². The summed E-state index contributed by atoms with van der Waals surface area (Å²) in [5, 5.41) is 0. The Morgan fingerprint density at radius 1 is 1.29 bits per heavy atom. The summed E-state index contributed by atoms with van der Waals surface area (Å²) in [7, 11) is 1.41. The molecule has 1 unspecified atom stereocenters. The lowest BCUT2D eigenvalue weighted by molar-refractivity contribution is -0.136. The molecular weight excluding hydrogens is 216 g/mol. The molecule has 92 valence electrons. The molecule has 0 heterocycles. The van der Waals surface area contributed by atoms with E-state index in [9.17, 15) is 9.59 Å². The predicted octanol–water partition coefficient (Wildman–Crippen LogP) is 2.57. The molecule has 0 saturated carbocycles. The maximum absolute atomic E-state index is 11.8. The number of methoxy groups -OCH3 is 1. The minimum atomic E-state index is -0.245. The average Bonchev–Trinajstić information content (AvgIpc) is 2.48. The second-order valence-electron chi connectivity index (χ2n) is 5.10. The Kier molecular flexibility index (Phi) is 3.18. The first-order chi connectivity index (χ1) is 8.07. The van der Waals surface area contributed by atoms with Crippen molar-refractivity contribution in [3.05, 3.63) is 23.3 Å². The molecule has 3 heteroatoms. The van der Waals surface area contributed by atoms with E-state index in [0.717, 1.165) is 36.8 Å². The molecular formula is C14H18O3. The number of rotatable bonds is 1. The van der Waals surface area contributed by atoms with Crippen molar-refractivity contribution in [2.24, 2.45) is 5.41 Å². The van der Waals surface area contributed by atoms with Crippen LogP contribution in [0.4, 0.5) is 0 Å². The molecule has 0 aromatic heterocycles. The molecule has 3 nitrogen and oxygen atoms in total. The first-order valence-corrected chi connectivity index (χ1v) is 6.10. The minimum absolute atomic E-state index is 0.0373. The second kappa shape index (κ2) is 4.47. The van der Waals surface area contributed by atoms with E-state index in [1.165, 1.54) is 7.11 Å². The molecule has 0 fully saturated rings. The summed E-state index contributed by atoms with van der Waals surface area (Å²) in [5.74, 6) is -0.0951. The first kappa shape index (κ1) is 12.1. The lowest BCUT2D eigenvalue weighted by atomic mass is 9.69. The number of fused-ring (bicyclic) bond motifs is 1. The van der Waals surface area contributed by atoms with Gasteiger partial charge in [-0.25, -0.2) is 4.79 Å². The summed E-state index contributed by atoms with van der Waals surface area (Å²) >= 11 is 0. The van der Waals surface area contributed by atoms with Gasteiger partial charge in [-0.15, -0.1) is 0 Å².